The van der Waals surface area contributed by atoms with Crippen molar-refractivity contribution in [3.05, 3.63) is 46.5 Å². The summed E-state index contributed by atoms with van der Waals surface area (Å²) in [5, 5.41) is 15.7. The van der Waals surface area contributed by atoms with Crippen LogP contribution in [0.25, 0.3) is 11.1 Å². The number of carbonyl (C=O) groups is 2. The predicted molar refractivity (Wildman–Crippen MR) is 107 cm³/mol. The van der Waals surface area contributed by atoms with Crippen LogP contribution in [0.15, 0.2) is 30.3 Å². The topological polar surface area (TPSA) is 87.7 Å². The van der Waals surface area contributed by atoms with Gasteiger partial charge in [0.1, 0.15) is 5.75 Å². The van der Waals surface area contributed by atoms with Gasteiger partial charge in [0.15, 0.2) is 0 Å². The highest BCUT2D eigenvalue weighted by Gasteiger charge is 2.44. The molecule has 0 saturated heterocycles. The number of urea groups is 1. The van der Waals surface area contributed by atoms with E-state index in [1.807, 2.05) is 6.07 Å². The lowest BCUT2D eigenvalue weighted by Gasteiger charge is -2.44. The first-order valence-corrected chi connectivity index (χ1v) is 9.67. The number of halogens is 1. The zero-order chi connectivity index (χ0) is 19.9. The maximum Gasteiger partial charge on any atom is 0.335 e. The molecule has 28 heavy (non-hydrogen) atoms. The molecule has 0 unspecified atom stereocenters. The van der Waals surface area contributed by atoms with Gasteiger partial charge in [-0.1, -0.05) is 43.0 Å². The number of rotatable bonds is 3. The summed E-state index contributed by atoms with van der Waals surface area (Å²) in [6, 6.07) is 8.13. The van der Waals surface area contributed by atoms with Gasteiger partial charge in [-0.3, -0.25) is 0 Å². The number of aromatic carboxylic acids is 1. The summed E-state index contributed by atoms with van der Waals surface area (Å²) in [7, 11) is 1.58. The van der Waals surface area contributed by atoms with Crippen molar-refractivity contribution < 1.29 is 19.4 Å². The van der Waals surface area contributed by atoms with Crippen molar-refractivity contribution >= 4 is 29.3 Å². The van der Waals surface area contributed by atoms with Crippen molar-refractivity contribution in [2.45, 2.75) is 37.6 Å². The zero-order valence-electron chi connectivity index (χ0n) is 15.5. The smallest absolute Gasteiger partial charge is 0.335 e. The lowest BCUT2D eigenvalue weighted by molar-refractivity contribution is 0.0697. The Bertz CT molecular complexity index is 967. The van der Waals surface area contributed by atoms with Crippen LogP contribution in [-0.2, 0) is 5.54 Å². The Morgan fingerprint density at radius 2 is 1.96 bits per heavy atom. The summed E-state index contributed by atoms with van der Waals surface area (Å²) in [6.45, 7) is 0. The number of fused-ring (bicyclic) bond motifs is 2. The molecule has 6 nitrogen and oxygen atoms in total. The maximum atomic E-state index is 12.3. The van der Waals surface area contributed by atoms with Gasteiger partial charge in [0, 0.05) is 11.1 Å². The number of hydrogen-bond acceptors (Lipinski definition) is 3. The standard InChI is InChI=1S/C21H21ClN2O4/c1-28-18-14(12-6-5-7-13(10-12)19(25)26)11-15(22)17-16(18)21(24-20(27)23-17)8-3-2-4-9-21/h5-7,10-11H,2-4,8-9H2,1H3,(H,25,26)(H2,23,24,27). The van der Waals surface area contributed by atoms with Crippen LogP contribution in [0.1, 0.15) is 48.0 Å². The molecule has 4 rings (SSSR count). The van der Waals surface area contributed by atoms with E-state index in [1.165, 1.54) is 0 Å². The summed E-state index contributed by atoms with van der Waals surface area (Å²) >= 11 is 6.58. The Labute approximate surface area is 167 Å². The van der Waals surface area contributed by atoms with Crippen LogP contribution < -0.4 is 15.4 Å². The Hall–Kier alpha value is -2.73. The third-order valence-corrected chi connectivity index (χ3v) is 5.93. The molecule has 2 aliphatic rings. The number of amides is 2. The molecule has 3 N–H and O–H groups in total. The van der Waals surface area contributed by atoms with Crippen LogP contribution in [0.3, 0.4) is 0 Å². The normalized spacial score (nSPS) is 17.4. The fourth-order valence-electron chi connectivity index (χ4n) is 4.41. The molecule has 1 heterocycles. The Morgan fingerprint density at radius 1 is 1.21 bits per heavy atom. The monoisotopic (exact) mass is 400 g/mol. The number of hydrogen-bond donors (Lipinski definition) is 3. The second-order valence-corrected chi connectivity index (χ2v) is 7.70. The first-order chi connectivity index (χ1) is 13.4. The van der Waals surface area contributed by atoms with E-state index in [4.69, 9.17) is 16.3 Å². The number of nitrogens with one attached hydrogen (secondary N) is 2. The van der Waals surface area contributed by atoms with Crippen molar-refractivity contribution in [1.29, 1.82) is 0 Å². The highest BCUT2D eigenvalue weighted by atomic mass is 35.5. The second kappa shape index (κ2) is 7.02. The molecule has 2 aromatic carbocycles. The minimum absolute atomic E-state index is 0.187. The van der Waals surface area contributed by atoms with Gasteiger partial charge in [-0.05, 0) is 36.6 Å². The molecule has 1 aliphatic heterocycles. The van der Waals surface area contributed by atoms with Crippen molar-refractivity contribution in [2.24, 2.45) is 0 Å². The predicted octanol–water partition coefficient (Wildman–Crippen LogP) is 5.01. The number of benzene rings is 2. The van der Waals surface area contributed by atoms with E-state index in [1.54, 1.807) is 31.4 Å². The summed E-state index contributed by atoms with van der Waals surface area (Å²) in [5.41, 5.74) is 2.47. The largest absolute Gasteiger partial charge is 0.496 e. The lowest BCUT2D eigenvalue weighted by atomic mass is 9.74. The fraction of sp³-hybridized carbons (Fsp3) is 0.333. The minimum Gasteiger partial charge on any atom is -0.496 e. The van der Waals surface area contributed by atoms with Crippen molar-refractivity contribution in [3.63, 3.8) is 0 Å². The van der Waals surface area contributed by atoms with Crippen molar-refractivity contribution in [2.75, 3.05) is 12.4 Å². The lowest BCUT2D eigenvalue weighted by Crippen LogP contribution is -2.53. The highest BCUT2D eigenvalue weighted by Crippen LogP contribution is 2.52. The second-order valence-electron chi connectivity index (χ2n) is 7.30. The number of ether oxygens (including phenoxy) is 1. The number of carbonyl (C=O) groups excluding carboxylic acids is 1. The molecule has 1 aliphatic carbocycles. The average Bonchev–Trinajstić information content (AvgIpc) is 2.69. The molecule has 1 spiro atoms. The number of carboxylic acids is 1. The molecule has 2 aromatic rings. The van der Waals surface area contributed by atoms with Crippen LogP contribution in [0, 0.1) is 0 Å². The van der Waals surface area contributed by atoms with Gasteiger partial charge in [-0.15, -0.1) is 0 Å². The molecule has 7 heteroatoms. The maximum absolute atomic E-state index is 12.3. The average molecular weight is 401 g/mol. The fourth-order valence-corrected chi connectivity index (χ4v) is 4.66. The molecular formula is C21H21ClN2O4. The molecule has 1 saturated carbocycles. The zero-order valence-corrected chi connectivity index (χ0v) is 16.2. The number of carboxylic acid groups (broad SMARTS) is 1. The van der Waals surface area contributed by atoms with Gasteiger partial charge < -0.3 is 20.5 Å². The molecule has 146 valence electrons. The van der Waals surface area contributed by atoms with E-state index in [0.29, 0.717) is 27.6 Å². The van der Waals surface area contributed by atoms with E-state index >= 15 is 0 Å². The minimum atomic E-state index is -0.998. The summed E-state index contributed by atoms with van der Waals surface area (Å²) in [5.74, 6) is -0.390. The molecule has 2 amide bonds. The highest BCUT2D eigenvalue weighted by molar-refractivity contribution is 6.34. The van der Waals surface area contributed by atoms with Crippen molar-refractivity contribution in [3.8, 4) is 16.9 Å². The third-order valence-electron chi connectivity index (χ3n) is 5.63. The van der Waals surface area contributed by atoms with Gasteiger partial charge in [-0.2, -0.15) is 0 Å². The molecule has 0 bridgehead atoms. The molecule has 0 radical (unpaired) electrons. The Kier molecular flexibility index (Phi) is 4.67. The van der Waals surface area contributed by atoms with E-state index in [9.17, 15) is 14.7 Å². The summed E-state index contributed by atoms with van der Waals surface area (Å²) in [6.07, 6.45) is 4.73. The van der Waals surface area contributed by atoms with Crippen LogP contribution in [-0.4, -0.2) is 24.2 Å². The van der Waals surface area contributed by atoms with Gasteiger partial charge in [0.05, 0.1) is 28.9 Å². The molecule has 1 fully saturated rings. The third kappa shape index (κ3) is 2.98. The number of methoxy groups -OCH3 is 1. The Balaban J connectivity index is 1.98. The van der Waals surface area contributed by atoms with E-state index in [2.05, 4.69) is 10.6 Å². The SMILES string of the molecule is COc1c(-c2cccc(C(=O)O)c2)cc(Cl)c2c1C1(CCCCC1)NC(=O)N2. The van der Waals surface area contributed by atoms with Crippen molar-refractivity contribution in [1.82, 2.24) is 5.32 Å². The quantitative estimate of drug-likeness (QED) is 0.675. The molecule has 0 atom stereocenters. The molecular weight excluding hydrogens is 380 g/mol. The van der Waals surface area contributed by atoms with Gasteiger partial charge in [0.2, 0.25) is 0 Å². The van der Waals surface area contributed by atoms with Crippen LogP contribution in [0.2, 0.25) is 5.02 Å². The Morgan fingerprint density at radius 3 is 2.64 bits per heavy atom. The first-order valence-electron chi connectivity index (χ1n) is 9.29. The van der Waals surface area contributed by atoms with Gasteiger partial charge in [0.25, 0.3) is 0 Å². The van der Waals surface area contributed by atoms with E-state index in [-0.39, 0.29) is 11.6 Å². The number of anilines is 1. The van der Waals surface area contributed by atoms with Gasteiger partial charge >= 0.3 is 12.0 Å². The van der Waals surface area contributed by atoms with Crippen LogP contribution in [0.4, 0.5) is 10.5 Å². The van der Waals surface area contributed by atoms with E-state index < -0.39 is 11.5 Å². The summed E-state index contributed by atoms with van der Waals surface area (Å²) < 4.78 is 5.82. The first kappa shape index (κ1) is 18.6. The molecule has 0 aromatic heterocycles. The van der Waals surface area contributed by atoms with E-state index in [0.717, 1.165) is 37.7 Å². The van der Waals surface area contributed by atoms with Gasteiger partial charge in [-0.25, -0.2) is 9.59 Å². The summed E-state index contributed by atoms with van der Waals surface area (Å²) in [4.78, 5) is 23.7. The van der Waals surface area contributed by atoms with Crippen LogP contribution >= 0.6 is 11.6 Å². The van der Waals surface area contributed by atoms with Crippen LogP contribution in [0.5, 0.6) is 5.75 Å².